The Morgan fingerprint density at radius 3 is 2.15 bits per heavy atom. The number of ether oxygens (including phenoxy) is 2. The molecular formula is C12H24N4O4. The van der Waals surface area contributed by atoms with Crippen LogP contribution in [-0.2, 0) is 9.47 Å². The predicted octanol–water partition coefficient (Wildman–Crippen LogP) is -0.427. The van der Waals surface area contributed by atoms with E-state index in [1.54, 1.807) is 0 Å². The number of nitrogens with two attached hydrogens (primary N) is 2. The van der Waals surface area contributed by atoms with Gasteiger partial charge in [0.1, 0.15) is 0 Å². The lowest BCUT2D eigenvalue weighted by atomic mass is 10.2. The van der Waals surface area contributed by atoms with Gasteiger partial charge in [0, 0.05) is 26.2 Å². The first-order valence-electron chi connectivity index (χ1n) is 6.82. The summed E-state index contributed by atoms with van der Waals surface area (Å²) in [6.07, 6.45) is 0.637. The number of nitrogens with zero attached hydrogens (tertiary/aromatic N) is 2. The molecule has 1 saturated heterocycles. The zero-order chi connectivity index (χ0) is 15.0. The van der Waals surface area contributed by atoms with E-state index in [0.717, 1.165) is 6.42 Å². The summed E-state index contributed by atoms with van der Waals surface area (Å²) in [4.78, 5) is 25.6. The van der Waals surface area contributed by atoms with Crippen molar-refractivity contribution in [1.29, 1.82) is 0 Å². The normalized spacial score (nSPS) is 22.8. The molecule has 1 rings (SSSR count). The van der Waals surface area contributed by atoms with E-state index < -0.39 is 12.1 Å². The van der Waals surface area contributed by atoms with Crippen LogP contribution in [0.2, 0.25) is 0 Å². The summed E-state index contributed by atoms with van der Waals surface area (Å²) in [5.41, 5.74) is 10.6. The van der Waals surface area contributed by atoms with Gasteiger partial charge in [0.15, 0.2) is 0 Å². The van der Waals surface area contributed by atoms with E-state index in [0.29, 0.717) is 46.0 Å². The van der Waals surface area contributed by atoms with Crippen LogP contribution in [0.1, 0.15) is 13.3 Å². The molecule has 4 N–H and O–H groups in total. The van der Waals surface area contributed by atoms with E-state index in [-0.39, 0.29) is 6.10 Å². The first-order chi connectivity index (χ1) is 9.54. The number of urea groups is 2. The highest BCUT2D eigenvalue weighted by Crippen LogP contribution is 2.04. The van der Waals surface area contributed by atoms with Crippen molar-refractivity contribution in [3.8, 4) is 0 Å². The fourth-order valence-electron chi connectivity index (χ4n) is 1.95. The Balaban J connectivity index is 2.60. The molecule has 0 saturated carbocycles. The molecule has 0 aliphatic carbocycles. The first-order valence-corrected chi connectivity index (χ1v) is 6.82. The Morgan fingerprint density at radius 2 is 1.60 bits per heavy atom. The van der Waals surface area contributed by atoms with Crippen LogP contribution < -0.4 is 11.5 Å². The minimum Gasteiger partial charge on any atom is -0.378 e. The molecule has 1 unspecified atom stereocenters. The van der Waals surface area contributed by atoms with Gasteiger partial charge in [-0.25, -0.2) is 9.59 Å². The van der Waals surface area contributed by atoms with Crippen molar-refractivity contribution in [3.05, 3.63) is 0 Å². The van der Waals surface area contributed by atoms with E-state index in [4.69, 9.17) is 20.9 Å². The smallest absolute Gasteiger partial charge is 0.314 e. The van der Waals surface area contributed by atoms with Gasteiger partial charge >= 0.3 is 12.1 Å². The lowest BCUT2D eigenvalue weighted by Crippen LogP contribution is -2.45. The largest absolute Gasteiger partial charge is 0.378 e. The average molecular weight is 288 g/mol. The summed E-state index contributed by atoms with van der Waals surface area (Å²) in [6, 6.07) is -0.965. The van der Waals surface area contributed by atoms with Gasteiger partial charge < -0.3 is 30.7 Å². The van der Waals surface area contributed by atoms with Gasteiger partial charge in [0.2, 0.25) is 0 Å². The standard InChI is InChI=1S/C12H24N4O4/c1-2-10-9-16(12(14)18)4-7-19-6-3-15(11(13)17)5-8-20-10/h10H,2-9H2,1H3,(H2,13,17)(H2,14,18). The maximum absolute atomic E-state index is 11.3. The molecule has 0 aromatic rings. The zero-order valence-electron chi connectivity index (χ0n) is 11.9. The molecule has 8 nitrogen and oxygen atoms in total. The maximum atomic E-state index is 11.3. The number of hydrogen-bond donors (Lipinski definition) is 2. The van der Waals surface area contributed by atoms with Gasteiger partial charge in [-0.1, -0.05) is 6.92 Å². The zero-order valence-corrected chi connectivity index (χ0v) is 11.9. The molecule has 4 amide bonds. The summed E-state index contributed by atoms with van der Waals surface area (Å²) in [6.45, 7) is 4.72. The van der Waals surface area contributed by atoms with Crippen LogP contribution >= 0.6 is 0 Å². The molecule has 0 bridgehead atoms. The first kappa shape index (κ1) is 16.5. The number of amides is 4. The topological polar surface area (TPSA) is 111 Å². The molecular weight excluding hydrogens is 264 g/mol. The number of primary amides is 2. The number of carbonyl (C=O) groups is 2. The fourth-order valence-corrected chi connectivity index (χ4v) is 1.95. The predicted molar refractivity (Wildman–Crippen MR) is 73.2 cm³/mol. The summed E-state index contributed by atoms with van der Waals surface area (Å²) in [5.74, 6) is 0. The molecule has 0 aromatic carbocycles. The van der Waals surface area contributed by atoms with Crippen molar-refractivity contribution in [2.24, 2.45) is 11.5 Å². The van der Waals surface area contributed by atoms with Crippen molar-refractivity contribution < 1.29 is 19.1 Å². The van der Waals surface area contributed by atoms with Crippen molar-refractivity contribution >= 4 is 12.1 Å². The highest BCUT2D eigenvalue weighted by Gasteiger charge is 2.18. The second-order valence-electron chi connectivity index (χ2n) is 4.62. The number of hydrogen-bond acceptors (Lipinski definition) is 4. The minimum absolute atomic E-state index is 0.114. The molecule has 0 radical (unpaired) electrons. The van der Waals surface area contributed by atoms with Crippen molar-refractivity contribution in [1.82, 2.24) is 9.80 Å². The van der Waals surface area contributed by atoms with Crippen molar-refractivity contribution in [2.75, 3.05) is 46.0 Å². The molecule has 20 heavy (non-hydrogen) atoms. The molecule has 8 heteroatoms. The molecule has 1 heterocycles. The maximum Gasteiger partial charge on any atom is 0.314 e. The third kappa shape index (κ3) is 5.62. The Bertz CT molecular complexity index is 327. The summed E-state index contributed by atoms with van der Waals surface area (Å²) < 4.78 is 11.1. The molecule has 1 fully saturated rings. The second kappa shape index (κ2) is 8.60. The molecule has 0 aromatic heterocycles. The van der Waals surface area contributed by atoms with Gasteiger partial charge in [0.25, 0.3) is 0 Å². The molecule has 0 spiro atoms. The van der Waals surface area contributed by atoms with Gasteiger partial charge in [-0.05, 0) is 6.42 Å². The van der Waals surface area contributed by atoms with Crippen molar-refractivity contribution in [3.63, 3.8) is 0 Å². The molecule has 1 aliphatic heterocycles. The summed E-state index contributed by atoms with van der Waals surface area (Å²) in [5, 5.41) is 0. The monoisotopic (exact) mass is 288 g/mol. The van der Waals surface area contributed by atoms with Gasteiger partial charge in [-0.3, -0.25) is 0 Å². The van der Waals surface area contributed by atoms with E-state index >= 15 is 0 Å². The summed E-state index contributed by atoms with van der Waals surface area (Å²) in [7, 11) is 0. The van der Waals surface area contributed by atoms with Crippen LogP contribution in [0, 0.1) is 0 Å². The van der Waals surface area contributed by atoms with Gasteiger partial charge in [-0.2, -0.15) is 0 Å². The molecule has 116 valence electrons. The highest BCUT2D eigenvalue weighted by molar-refractivity contribution is 5.72. The molecule has 1 aliphatic rings. The quantitative estimate of drug-likeness (QED) is 0.682. The van der Waals surface area contributed by atoms with Crippen LogP contribution in [0.5, 0.6) is 0 Å². The van der Waals surface area contributed by atoms with Crippen LogP contribution in [0.25, 0.3) is 0 Å². The Kier molecular flexibility index (Phi) is 7.10. The van der Waals surface area contributed by atoms with E-state index in [1.165, 1.54) is 9.80 Å². The van der Waals surface area contributed by atoms with Crippen molar-refractivity contribution in [2.45, 2.75) is 19.4 Å². The van der Waals surface area contributed by atoms with Crippen LogP contribution in [0.4, 0.5) is 9.59 Å². The highest BCUT2D eigenvalue weighted by atomic mass is 16.5. The Morgan fingerprint density at radius 1 is 1.05 bits per heavy atom. The third-order valence-corrected chi connectivity index (χ3v) is 3.23. The second-order valence-corrected chi connectivity index (χ2v) is 4.62. The molecule has 1 atom stereocenters. The Labute approximate surface area is 118 Å². The van der Waals surface area contributed by atoms with E-state index in [9.17, 15) is 9.59 Å². The van der Waals surface area contributed by atoms with E-state index in [1.807, 2.05) is 6.92 Å². The van der Waals surface area contributed by atoms with E-state index in [2.05, 4.69) is 0 Å². The van der Waals surface area contributed by atoms with Crippen LogP contribution in [-0.4, -0.2) is 74.0 Å². The van der Waals surface area contributed by atoms with Gasteiger partial charge in [0.05, 0.1) is 25.9 Å². The Hall–Kier alpha value is -1.54. The van der Waals surface area contributed by atoms with Gasteiger partial charge in [-0.15, -0.1) is 0 Å². The number of carbonyl (C=O) groups excluding carboxylic acids is 2. The third-order valence-electron chi connectivity index (χ3n) is 3.23. The lowest BCUT2D eigenvalue weighted by Gasteiger charge is -2.28. The average Bonchev–Trinajstić information content (AvgIpc) is 2.38. The SMILES string of the molecule is CCC1CN(C(N)=O)CCOCCN(C(N)=O)CCO1. The minimum atomic E-state index is -0.485. The summed E-state index contributed by atoms with van der Waals surface area (Å²) >= 11 is 0. The van der Waals surface area contributed by atoms with Crippen LogP contribution in [0.15, 0.2) is 0 Å². The fraction of sp³-hybridized carbons (Fsp3) is 0.833. The lowest BCUT2D eigenvalue weighted by molar-refractivity contribution is 0.00812. The van der Waals surface area contributed by atoms with Crippen LogP contribution in [0.3, 0.4) is 0 Å². The number of rotatable bonds is 1.